The van der Waals surface area contributed by atoms with Crippen LogP contribution in [0, 0.1) is 5.82 Å². The monoisotopic (exact) mass is 312 g/mol. The number of nitrogens with zero attached hydrogens (tertiary/aromatic N) is 3. The second-order valence-electron chi connectivity index (χ2n) is 3.69. The van der Waals surface area contributed by atoms with Gasteiger partial charge in [-0.1, -0.05) is 6.07 Å². The van der Waals surface area contributed by atoms with Crippen LogP contribution in [-0.4, -0.2) is 33.0 Å². The van der Waals surface area contributed by atoms with Gasteiger partial charge >= 0.3 is 0 Å². The van der Waals surface area contributed by atoms with Gasteiger partial charge in [-0.2, -0.15) is 5.10 Å². The second kappa shape index (κ2) is 5.26. The Morgan fingerprint density at radius 3 is 3.00 bits per heavy atom. The number of rotatable bonds is 3. The molecular formula is C11H10BrFN4O. The number of benzene rings is 1. The Hall–Kier alpha value is -1.76. The van der Waals surface area contributed by atoms with Crippen molar-refractivity contribution >= 4 is 21.8 Å². The Balaban J connectivity index is 2.18. The van der Waals surface area contributed by atoms with E-state index in [1.807, 2.05) is 0 Å². The largest absolute Gasteiger partial charge is 0.334 e. The van der Waals surface area contributed by atoms with Gasteiger partial charge in [0.25, 0.3) is 5.91 Å². The Bertz CT molecular complexity index is 558. The van der Waals surface area contributed by atoms with Gasteiger partial charge in [0.2, 0.25) is 0 Å². The molecule has 0 aliphatic rings. The molecule has 0 atom stereocenters. The van der Waals surface area contributed by atoms with Gasteiger partial charge in [-0.15, -0.1) is 0 Å². The van der Waals surface area contributed by atoms with E-state index in [-0.39, 0.29) is 16.6 Å². The van der Waals surface area contributed by atoms with Crippen LogP contribution >= 0.6 is 15.9 Å². The average molecular weight is 313 g/mol. The molecule has 0 saturated carbocycles. The summed E-state index contributed by atoms with van der Waals surface area (Å²) < 4.78 is 14.0. The summed E-state index contributed by atoms with van der Waals surface area (Å²) in [5.41, 5.74) is 0.0198. The van der Waals surface area contributed by atoms with Crippen molar-refractivity contribution in [3.8, 4) is 0 Å². The molecule has 0 spiro atoms. The maximum Gasteiger partial charge on any atom is 0.257 e. The van der Waals surface area contributed by atoms with Crippen molar-refractivity contribution in [3.63, 3.8) is 0 Å². The molecule has 0 bridgehead atoms. The predicted molar refractivity (Wildman–Crippen MR) is 66.3 cm³/mol. The molecule has 0 aliphatic carbocycles. The van der Waals surface area contributed by atoms with E-state index in [1.54, 1.807) is 19.2 Å². The molecule has 1 N–H and O–H groups in total. The highest BCUT2D eigenvalue weighted by Crippen LogP contribution is 2.19. The fourth-order valence-corrected chi connectivity index (χ4v) is 1.84. The number of carbonyl (C=O) groups is 1. The molecule has 0 radical (unpaired) electrons. The Morgan fingerprint density at radius 1 is 1.56 bits per heavy atom. The summed E-state index contributed by atoms with van der Waals surface area (Å²) in [6, 6.07) is 4.60. The summed E-state index contributed by atoms with van der Waals surface area (Å²) in [6.45, 7) is 0.241. The standard InChI is InChI=1S/C11H10BrFN4O/c1-17(5-9-14-6-15-16-9)11(18)7-3-2-4-8(12)10(7)13/h2-4,6H,5H2,1H3,(H,14,15,16). The molecule has 0 aliphatic heterocycles. The van der Waals surface area contributed by atoms with Gasteiger partial charge in [-0.05, 0) is 28.1 Å². The molecule has 1 heterocycles. The number of halogens is 2. The Labute approximate surface area is 111 Å². The van der Waals surface area contributed by atoms with E-state index in [0.29, 0.717) is 5.82 Å². The first-order valence-electron chi connectivity index (χ1n) is 5.13. The van der Waals surface area contributed by atoms with Gasteiger partial charge in [0.05, 0.1) is 16.6 Å². The maximum absolute atomic E-state index is 13.8. The van der Waals surface area contributed by atoms with Crippen LogP contribution in [0.5, 0.6) is 0 Å². The predicted octanol–water partition coefficient (Wildman–Crippen LogP) is 1.98. The topological polar surface area (TPSA) is 61.9 Å². The molecule has 0 fully saturated rings. The molecule has 1 amide bonds. The first-order chi connectivity index (χ1) is 8.59. The number of hydrogen-bond donors (Lipinski definition) is 1. The SMILES string of the molecule is CN(Cc1ncn[nH]1)C(=O)c1cccc(Br)c1F. The molecule has 2 rings (SSSR count). The minimum Gasteiger partial charge on any atom is -0.334 e. The van der Waals surface area contributed by atoms with Crippen LogP contribution in [0.15, 0.2) is 29.0 Å². The first-order valence-corrected chi connectivity index (χ1v) is 5.92. The van der Waals surface area contributed by atoms with Crippen molar-refractivity contribution in [2.75, 3.05) is 7.05 Å². The summed E-state index contributed by atoms with van der Waals surface area (Å²) in [5, 5.41) is 6.33. The zero-order valence-corrected chi connectivity index (χ0v) is 11.1. The number of aromatic amines is 1. The van der Waals surface area contributed by atoms with Crippen LogP contribution < -0.4 is 0 Å². The zero-order valence-electron chi connectivity index (χ0n) is 9.52. The molecule has 7 heteroatoms. The van der Waals surface area contributed by atoms with Crippen molar-refractivity contribution in [2.45, 2.75) is 6.54 Å². The fourth-order valence-electron chi connectivity index (χ4n) is 1.48. The van der Waals surface area contributed by atoms with E-state index < -0.39 is 11.7 Å². The van der Waals surface area contributed by atoms with Gasteiger partial charge in [0.1, 0.15) is 18.0 Å². The second-order valence-corrected chi connectivity index (χ2v) is 4.55. The summed E-state index contributed by atoms with van der Waals surface area (Å²) in [6.07, 6.45) is 1.35. The number of carbonyl (C=O) groups excluding carboxylic acids is 1. The first kappa shape index (κ1) is 12.7. The van der Waals surface area contributed by atoms with E-state index in [4.69, 9.17) is 0 Å². The third-order valence-corrected chi connectivity index (χ3v) is 2.99. The Kier molecular flexibility index (Phi) is 3.71. The van der Waals surface area contributed by atoms with Gasteiger partial charge in [-0.25, -0.2) is 9.37 Å². The fraction of sp³-hybridized carbons (Fsp3) is 0.182. The van der Waals surface area contributed by atoms with Crippen LogP contribution in [-0.2, 0) is 6.54 Å². The number of nitrogens with one attached hydrogen (secondary N) is 1. The minimum absolute atomic E-state index is 0.0198. The van der Waals surface area contributed by atoms with Crippen LogP contribution in [0.25, 0.3) is 0 Å². The van der Waals surface area contributed by atoms with Gasteiger partial charge < -0.3 is 4.90 Å². The van der Waals surface area contributed by atoms with E-state index in [1.165, 1.54) is 17.3 Å². The molecule has 1 aromatic carbocycles. The number of H-pyrrole nitrogens is 1. The average Bonchev–Trinajstić information content (AvgIpc) is 2.84. The third-order valence-electron chi connectivity index (χ3n) is 2.38. The molecule has 1 aromatic heterocycles. The van der Waals surface area contributed by atoms with Crippen molar-refractivity contribution < 1.29 is 9.18 Å². The van der Waals surface area contributed by atoms with Crippen LogP contribution in [0.4, 0.5) is 4.39 Å². The molecule has 94 valence electrons. The summed E-state index contributed by atoms with van der Waals surface area (Å²) in [4.78, 5) is 17.3. The molecule has 2 aromatic rings. The quantitative estimate of drug-likeness (QED) is 0.942. The lowest BCUT2D eigenvalue weighted by molar-refractivity contribution is 0.0777. The smallest absolute Gasteiger partial charge is 0.257 e. The molecule has 0 saturated heterocycles. The summed E-state index contributed by atoms with van der Waals surface area (Å²) >= 11 is 3.05. The van der Waals surface area contributed by atoms with Crippen LogP contribution in [0.1, 0.15) is 16.2 Å². The van der Waals surface area contributed by atoms with Crippen LogP contribution in [0.2, 0.25) is 0 Å². The van der Waals surface area contributed by atoms with Gasteiger partial charge in [-0.3, -0.25) is 9.89 Å². The highest BCUT2D eigenvalue weighted by molar-refractivity contribution is 9.10. The third kappa shape index (κ3) is 2.56. The van der Waals surface area contributed by atoms with Crippen molar-refractivity contribution in [2.24, 2.45) is 0 Å². The van der Waals surface area contributed by atoms with E-state index in [0.717, 1.165) is 0 Å². The van der Waals surface area contributed by atoms with Crippen molar-refractivity contribution in [1.82, 2.24) is 20.1 Å². The van der Waals surface area contributed by atoms with Gasteiger partial charge in [0.15, 0.2) is 0 Å². The molecule has 5 nitrogen and oxygen atoms in total. The highest BCUT2D eigenvalue weighted by atomic mass is 79.9. The van der Waals surface area contributed by atoms with Gasteiger partial charge in [0, 0.05) is 7.05 Å². The lowest BCUT2D eigenvalue weighted by Gasteiger charge is -2.16. The number of amides is 1. The molecule has 0 unspecified atom stereocenters. The van der Waals surface area contributed by atoms with E-state index in [9.17, 15) is 9.18 Å². The van der Waals surface area contributed by atoms with E-state index in [2.05, 4.69) is 31.1 Å². The summed E-state index contributed by atoms with van der Waals surface area (Å²) in [7, 11) is 1.57. The highest BCUT2D eigenvalue weighted by Gasteiger charge is 2.18. The van der Waals surface area contributed by atoms with Crippen LogP contribution in [0.3, 0.4) is 0 Å². The normalized spacial score (nSPS) is 10.4. The lowest BCUT2D eigenvalue weighted by Crippen LogP contribution is -2.27. The molecule has 18 heavy (non-hydrogen) atoms. The zero-order chi connectivity index (χ0) is 13.1. The van der Waals surface area contributed by atoms with Crippen molar-refractivity contribution in [1.29, 1.82) is 0 Å². The Morgan fingerprint density at radius 2 is 2.33 bits per heavy atom. The number of aromatic nitrogens is 3. The lowest BCUT2D eigenvalue weighted by atomic mass is 10.2. The van der Waals surface area contributed by atoms with Crippen molar-refractivity contribution in [3.05, 3.63) is 46.2 Å². The van der Waals surface area contributed by atoms with E-state index >= 15 is 0 Å². The minimum atomic E-state index is -0.563. The molecular weight excluding hydrogens is 303 g/mol. The summed E-state index contributed by atoms with van der Waals surface area (Å²) in [5.74, 6) is -0.432. The number of hydrogen-bond acceptors (Lipinski definition) is 3. The maximum atomic E-state index is 13.8.